The first kappa shape index (κ1) is 19.6. The van der Waals surface area contributed by atoms with Gasteiger partial charge in [-0.15, -0.1) is 0 Å². The Bertz CT molecular complexity index is 875. The molecule has 154 valence electrons. The molecule has 29 heavy (non-hydrogen) atoms. The summed E-state index contributed by atoms with van der Waals surface area (Å²) in [5.41, 5.74) is -0.904. The summed E-state index contributed by atoms with van der Waals surface area (Å²) in [6.45, 7) is 2.48. The molecule has 1 aromatic carbocycles. The topological polar surface area (TPSA) is 71.8 Å². The van der Waals surface area contributed by atoms with Crippen LogP contribution in [0.4, 0.5) is 4.39 Å². The first-order valence-electron chi connectivity index (χ1n) is 10.0. The number of nitrogens with zero attached hydrogens (tertiary/aromatic N) is 1. The highest BCUT2D eigenvalue weighted by atomic mass is 19.1. The van der Waals surface area contributed by atoms with E-state index in [9.17, 15) is 14.0 Å². The maximum absolute atomic E-state index is 14.4. The molecule has 1 N–H and O–H groups in total. The van der Waals surface area contributed by atoms with Gasteiger partial charge in [-0.1, -0.05) is 19.1 Å². The van der Waals surface area contributed by atoms with Crippen molar-refractivity contribution in [2.24, 2.45) is 5.92 Å². The van der Waals surface area contributed by atoms with E-state index in [1.807, 2.05) is 0 Å². The van der Waals surface area contributed by atoms with Crippen LogP contribution in [0.2, 0.25) is 0 Å². The number of hydrogen-bond donors (Lipinski definition) is 1. The van der Waals surface area contributed by atoms with Crippen molar-refractivity contribution in [3.8, 4) is 0 Å². The summed E-state index contributed by atoms with van der Waals surface area (Å²) in [7, 11) is 0. The van der Waals surface area contributed by atoms with Gasteiger partial charge < -0.3 is 14.5 Å². The Hall–Kier alpha value is -2.67. The van der Waals surface area contributed by atoms with Gasteiger partial charge in [0, 0.05) is 0 Å². The normalized spacial score (nSPS) is 26.6. The van der Waals surface area contributed by atoms with E-state index in [1.54, 1.807) is 18.2 Å². The van der Waals surface area contributed by atoms with Gasteiger partial charge in [0.2, 0.25) is 5.91 Å². The SMILES string of the molecule is CC1CCC2(CC1)OC[C@H](C(=O)NCc1ccco1)N2C(=O)c1ccccc1F. The van der Waals surface area contributed by atoms with Crippen LogP contribution in [0.1, 0.15) is 48.7 Å². The van der Waals surface area contributed by atoms with Gasteiger partial charge in [0.15, 0.2) is 0 Å². The molecule has 1 atom stereocenters. The maximum Gasteiger partial charge on any atom is 0.259 e. The zero-order valence-electron chi connectivity index (χ0n) is 16.4. The molecule has 2 aliphatic rings. The maximum atomic E-state index is 14.4. The summed E-state index contributed by atoms with van der Waals surface area (Å²) in [6, 6.07) is 8.56. The second kappa shape index (κ2) is 7.99. The zero-order chi connectivity index (χ0) is 20.4. The molecular formula is C22H25FN2O4. The Kier molecular flexibility index (Phi) is 5.41. The minimum absolute atomic E-state index is 0.0418. The van der Waals surface area contributed by atoms with E-state index in [2.05, 4.69) is 12.2 Å². The first-order valence-corrected chi connectivity index (χ1v) is 10.0. The van der Waals surface area contributed by atoms with Gasteiger partial charge in [-0.25, -0.2) is 4.39 Å². The molecule has 1 spiro atoms. The summed E-state index contributed by atoms with van der Waals surface area (Å²) in [5.74, 6) is -0.291. The molecule has 0 bridgehead atoms. The fourth-order valence-electron chi connectivity index (χ4n) is 4.25. The van der Waals surface area contributed by atoms with Crippen LogP contribution >= 0.6 is 0 Å². The van der Waals surface area contributed by atoms with Crippen molar-refractivity contribution in [1.82, 2.24) is 10.2 Å². The van der Waals surface area contributed by atoms with Crippen LogP contribution in [0.3, 0.4) is 0 Å². The standard InChI is InChI=1S/C22H25FN2O4/c1-15-8-10-22(11-9-15)25(21(27)17-6-2-3-7-18(17)23)19(14-29-22)20(26)24-13-16-5-4-12-28-16/h2-7,12,15,19H,8-11,13-14H2,1H3,(H,24,26)/t15?,19-,22?/m1/s1. The number of furan rings is 1. The number of amides is 2. The molecule has 1 aliphatic carbocycles. The largest absolute Gasteiger partial charge is 0.467 e. The molecule has 2 aromatic rings. The average molecular weight is 400 g/mol. The Morgan fingerprint density at radius 1 is 1.21 bits per heavy atom. The molecule has 2 amide bonds. The van der Waals surface area contributed by atoms with Crippen molar-refractivity contribution in [2.45, 2.75) is 50.9 Å². The summed E-state index contributed by atoms with van der Waals surface area (Å²) in [4.78, 5) is 27.8. The molecule has 7 heteroatoms. The highest BCUT2D eigenvalue weighted by Crippen LogP contribution is 2.43. The van der Waals surface area contributed by atoms with Crippen LogP contribution < -0.4 is 5.32 Å². The second-order valence-corrected chi connectivity index (χ2v) is 7.91. The molecule has 0 unspecified atom stereocenters. The van der Waals surface area contributed by atoms with Crippen molar-refractivity contribution in [1.29, 1.82) is 0 Å². The van der Waals surface area contributed by atoms with Gasteiger partial charge >= 0.3 is 0 Å². The summed E-state index contributed by atoms with van der Waals surface area (Å²) in [6.07, 6.45) is 4.59. The van der Waals surface area contributed by atoms with Crippen molar-refractivity contribution < 1.29 is 23.1 Å². The summed E-state index contributed by atoms with van der Waals surface area (Å²) >= 11 is 0. The molecule has 1 saturated heterocycles. The highest BCUT2D eigenvalue weighted by molar-refractivity contribution is 5.98. The minimum atomic E-state index is -0.863. The van der Waals surface area contributed by atoms with E-state index in [1.165, 1.54) is 29.4 Å². The van der Waals surface area contributed by atoms with Gasteiger partial charge in [-0.2, -0.15) is 0 Å². The number of hydrogen-bond acceptors (Lipinski definition) is 4. The third-order valence-electron chi connectivity index (χ3n) is 5.96. The molecule has 1 aliphatic heterocycles. The third-order valence-corrected chi connectivity index (χ3v) is 5.96. The molecule has 0 radical (unpaired) electrons. The van der Waals surface area contributed by atoms with Gasteiger partial charge in [0.1, 0.15) is 23.3 Å². The van der Waals surface area contributed by atoms with Crippen molar-refractivity contribution >= 4 is 11.8 Å². The van der Waals surface area contributed by atoms with Crippen molar-refractivity contribution in [3.05, 3.63) is 59.8 Å². The summed E-state index contributed by atoms with van der Waals surface area (Å²) < 4.78 is 25.7. The van der Waals surface area contributed by atoms with E-state index in [-0.39, 0.29) is 24.6 Å². The van der Waals surface area contributed by atoms with Gasteiger partial charge in [-0.3, -0.25) is 14.5 Å². The van der Waals surface area contributed by atoms with Crippen molar-refractivity contribution in [2.75, 3.05) is 6.61 Å². The first-order chi connectivity index (χ1) is 14.0. The fourth-order valence-corrected chi connectivity index (χ4v) is 4.25. The predicted molar refractivity (Wildman–Crippen MR) is 103 cm³/mol. The molecule has 1 saturated carbocycles. The Labute approximate surface area is 169 Å². The van der Waals surface area contributed by atoms with Crippen LogP contribution in [-0.4, -0.2) is 35.1 Å². The number of halogens is 1. The number of carbonyl (C=O) groups excluding carboxylic acids is 2. The lowest BCUT2D eigenvalue weighted by molar-refractivity contribution is -0.128. The summed E-state index contributed by atoms with van der Waals surface area (Å²) in [5, 5.41) is 2.81. The molecule has 4 rings (SSSR count). The molecule has 2 heterocycles. The fraction of sp³-hybridized carbons (Fsp3) is 0.455. The Morgan fingerprint density at radius 3 is 2.66 bits per heavy atom. The number of ether oxygens (including phenoxy) is 1. The van der Waals surface area contributed by atoms with E-state index in [0.717, 1.165) is 12.8 Å². The van der Waals surface area contributed by atoms with Crippen LogP contribution in [-0.2, 0) is 16.1 Å². The van der Waals surface area contributed by atoms with Crippen LogP contribution in [0, 0.1) is 11.7 Å². The third kappa shape index (κ3) is 3.79. The second-order valence-electron chi connectivity index (χ2n) is 7.91. The molecule has 6 nitrogen and oxygen atoms in total. The lowest BCUT2D eigenvalue weighted by Gasteiger charge is -2.43. The van der Waals surface area contributed by atoms with Gasteiger partial charge in [0.05, 0.1) is 25.0 Å². The number of rotatable bonds is 4. The average Bonchev–Trinajstić information content (AvgIpc) is 3.37. The lowest BCUT2D eigenvalue weighted by atomic mass is 9.83. The molecular weight excluding hydrogens is 375 g/mol. The number of carbonyl (C=O) groups is 2. The zero-order valence-corrected chi connectivity index (χ0v) is 16.4. The minimum Gasteiger partial charge on any atom is -0.467 e. The van der Waals surface area contributed by atoms with E-state index in [0.29, 0.717) is 24.5 Å². The van der Waals surface area contributed by atoms with Crippen LogP contribution in [0.5, 0.6) is 0 Å². The molecule has 2 fully saturated rings. The van der Waals surface area contributed by atoms with Gasteiger partial charge in [-0.05, 0) is 55.9 Å². The van der Waals surface area contributed by atoms with Crippen molar-refractivity contribution in [3.63, 3.8) is 0 Å². The number of nitrogens with one attached hydrogen (secondary N) is 1. The monoisotopic (exact) mass is 400 g/mol. The lowest BCUT2D eigenvalue weighted by Crippen LogP contribution is -2.56. The van der Waals surface area contributed by atoms with Crippen LogP contribution in [0.15, 0.2) is 47.1 Å². The van der Waals surface area contributed by atoms with Crippen LogP contribution in [0.25, 0.3) is 0 Å². The highest BCUT2D eigenvalue weighted by Gasteiger charge is 2.53. The number of benzene rings is 1. The predicted octanol–water partition coefficient (Wildman–Crippen LogP) is 3.48. The molecule has 1 aromatic heterocycles. The quantitative estimate of drug-likeness (QED) is 0.853. The van der Waals surface area contributed by atoms with E-state index < -0.39 is 23.5 Å². The smallest absolute Gasteiger partial charge is 0.259 e. The van der Waals surface area contributed by atoms with Gasteiger partial charge in [0.25, 0.3) is 5.91 Å². The van der Waals surface area contributed by atoms with E-state index in [4.69, 9.17) is 9.15 Å². The Morgan fingerprint density at radius 2 is 1.97 bits per heavy atom. The van der Waals surface area contributed by atoms with E-state index >= 15 is 0 Å². The Balaban J connectivity index is 1.60.